The van der Waals surface area contributed by atoms with Crippen LogP contribution in [0.3, 0.4) is 0 Å². The first-order chi connectivity index (χ1) is 5.56. The molecular weight excluding hydrogens is 236 g/mol. The van der Waals surface area contributed by atoms with E-state index in [0.29, 0.717) is 6.42 Å². The molecule has 0 aliphatic carbocycles. The molecule has 0 radical (unpaired) electrons. The largest absolute Gasteiger partial charge is 0.234 e. The molecule has 0 amide bonds. The van der Waals surface area contributed by atoms with E-state index >= 15 is 0 Å². The summed E-state index contributed by atoms with van der Waals surface area (Å²) in [5.41, 5.74) is -0.120. The summed E-state index contributed by atoms with van der Waals surface area (Å²) >= 11 is 4.88. The molecule has 0 aliphatic heterocycles. The van der Waals surface area contributed by atoms with E-state index in [2.05, 4.69) is 27.0 Å². The van der Waals surface area contributed by atoms with Crippen molar-refractivity contribution < 1.29 is 0 Å². The molecule has 0 bridgehead atoms. The molecule has 0 N–H and O–H groups in total. The fourth-order valence-corrected chi connectivity index (χ4v) is 2.22. The molecule has 0 unspecified atom stereocenters. The van der Waals surface area contributed by atoms with Gasteiger partial charge in [0.05, 0.1) is 6.07 Å². The Morgan fingerprint density at radius 2 is 2.42 bits per heavy atom. The van der Waals surface area contributed by atoms with Gasteiger partial charge in [-0.15, -0.1) is 11.3 Å². The van der Waals surface area contributed by atoms with Crippen LogP contribution in [-0.2, 0) is 5.41 Å². The number of aromatic nitrogens is 1. The van der Waals surface area contributed by atoms with Crippen LogP contribution in [0.15, 0.2) is 9.98 Å². The predicted molar refractivity (Wildman–Crippen MR) is 53.1 cm³/mol. The van der Waals surface area contributed by atoms with Crippen molar-refractivity contribution in [1.29, 1.82) is 5.26 Å². The maximum atomic E-state index is 8.59. The van der Waals surface area contributed by atoms with Crippen LogP contribution >= 0.6 is 27.3 Å². The highest BCUT2D eigenvalue weighted by molar-refractivity contribution is 9.10. The second-order valence-corrected chi connectivity index (χ2v) is 4.86. The zero-order chi connectivity index (χ0) is 9.19. The molecule has 1 heterocycles. The molecular formula is C8H9BrN2S. The quantitative estimate of drug-likeness (QED) is 0.802. The van der Waals surface area contributed by atoms with Gasteiger partial charge in [-0.1, -0.05) is 13.8 Å². The molecule has 0 fully saturated rings. The first-order valence-corrected chi connectivity index (χ1v) is 5.22. The van der Waals surface area contributed by atoms with E-state index < -0.39 is 0 Å². The van der Waals surface area contributed by atoms with Gasteiger partial charge < -0.3 is 0 Å². The molecule has 2 nitrogen and oxygen atoms in total. The molecule has 0 saturated carbocycles. The van der Waals surface area contributed by atoms with E-state index in [1.807, 2.05) is 19.2 Å². The molecule has 0 aromatic carbocycles. The number of halogens is 1. The van der Waals surface area contributed by atoms with Gasteiger partial charge >= 0.3 is 0 Å². The number of hydrogen-bond acceptors (Lipinski definition) is 3. The lowest BCUT2D eigenvalue weighted by molar-refractivity contribution is 0.535. The highest BCUT2D eigenvalue weighted by Gasteiger charge is 2.23. The molecule has 1 rings (SSSR count). The van der Waals surface area contributed by atoms with Crippen LogP contribution in [0, 0.1) is 11.3 Å². The Labute approximate surface area is 84.4 Å². The summed E-state index contributed by atoms with van der Waals surface area (Å²) in [7, 11) is 0. The Bertz CT molecular complexity index is 311. The fraction of sp³-hybridized carbons (Fsp3) is 0.500. The summed E-state index contributed by atoms with van der Waals surface area (Å²) in [6.07, 6.45) is 0.507. The van der Waals surface area contributed by atoms with Crippen molar-refractivity contribution in [1.82, 2.24) is 4.98 Å². The third-order valence-corrected chi connectivity index (χ3v) is 3.49. The van der Waals surface area contributed by atoms with Crippen LogP contribution in [0.5, 0.6) is 0 Å². The number of thiazole rings is 1. The van der Waals surface area contributed by atoms with Crippen molar-refractivity contribution in [3.05, 3.63) is 15.0 Å². The van der Waals surface area contributed by atoms with Gasteiger partial charge in [0, 0.05) is 17.2 Å². The summed E-state index contributed by atoms with van der Waals surface area (Å²) < 4.78 is 0.855. The van der Waals surface area contributed by atoms with Gasteiger partial charge in [0.25, 0.3) is 0 Å². The summed E-state index contributed by atoms with van der Waals surface area (Å²) in [5.74, 6) is 0. The molecule has 0 aliphatic rings. The van der Waals surface area contributed by atoms with E-state index in [4.69, 9.17) is 5.26 Å². The lowest BCUT2D eigenvalue weighted by Gasteiger charge is -2.16. The van der Waals surface area contributed by atoms with Gasteiger partial charge in [-0.05, 0) is 15.9 Å². The molecule has 0 saturated heterocycles. The van der Waals surface area contributed by atoms with Crippen LogP contribution in [0.2, 0.25) is 0 Å². The van der Waals surface area contributed by atoms with Crippen molar-refractivity contribution in [3.63, 3.8) is 0 Å². The van der Waals surface area contributed by atoms with Gasteiger partial charge in [0.15, 0.2) is 0 Å². The third-order valence-electron chi connectivity index (χ3n) is 1.58. The predicted octanol–water partition coefficient (Wildman–Crippen LogP) is 3.10. The Balaban J connectivity index is 2.90. The van der Waals surface area contributed by atoms with E-state index in [0.717, 1.165) is 9.61 Å². The van der Waals surface area contributed by atoms with Gasteiger partial charge in [-0.2, -0.15) is 5.26 Å². The number of nitrogens with zero attached hydrogens (tertiary/aromatic N) is 2. The third kappa shape index (κ3) is 2.05. The zero-order valence-corrected chi connectivity index (χ0v) is 9.37. The molecule has 0 spiro atoms. The maximum absolute atomic E-state index is 8.59. The second kappa shape index (κ2) is 3.55. The number of nitriles is 1. The van der Waals surface area contributed by atoms with Gasteiger partial charge in [-0.3, -0.25) is 0 Å². The normalized spacial score (nSPS) is 11.2. The van der Waals surface area contributed by atoms with E-state index in [1.54, 1.807) is 11.3 Å². The minimum absolute atomic E-state index is 0.120. The average Bonchev–Trinajstić information content (AvgIpc) is 2.36. The van der Waals surface area contributed by atoms with Gasteiger partial charge in [0.1, 0.15) is 9.61 Å². The number of rotatable bonds is 2. The van der Waals surface area contributed by atoms with Crippen LogP contribution in [0.25, 0.3) is 0 Å². The van der Waals surface area contributed by atoms with Gasteiger partial charge in [-0.25, -0.2) is 4.98 Å². The summed E-state index contributed by atoms with van der Waals surface area (Å²) in [5, 5.41) is 11.5. The molecule has 0 atom stereocenters. The van der Waals surface area contributed by atoms with E-state index in [9.17, 15) is 0 Å². The van der Waals surface area contributed by atoms with Crippen LogP contribution in [0.4, 0.5) is 0 Å². The fourth-order valence-electron chi connectivity index (χ4n) is 0.838. The first kappa shape index (κ1) is 9.69. The topological polar surface area (TPSA) is 36.7 Å². The standard InChI is InChI=1S/C8H9BrN2S/c1-8(2,3-4-10)7-11-6(9)5-12-7/h5H,3H2,1-2H3. The van der Waals surface area contributed by atoms with E-state index in [1.165, 1.54) is 0 Å². The Kier molecular flexibility index (Phi) is 2.86. The summed E-state index contributed by atoms with van der Waals surface area (Å²) in [4.78, 5) is 4.29. The molecule has 4 heteroatoms. The average molecular weight is 245 g/mol. The summed E-state index contributed by atoms with van der Waals surface area (Å²) in [6, 6.07) is 2.17. The van der Waals surface area contributed by atoms with Crippen LogP contribution in [-0.4, -0.2) is 4.98 Å². The highest BCUT2D eigenvalue weighted by Crippen LogP contribution is 2.30. The molecule has 1 aromatic rings. The smallest absolute Gasteiger partial charge is 0.117 e. The molecule has 1 aromatic heterocycles. The summed E-state index contributed by atoms with van der Waals surface area (Å²) in [6.45, 7) is 4.06. The van der Waals surface area contributed by atoms with Gasteiger partial charge in [0.2, 0.25) is 0 Å². The lowest BCUT2D eigenvalue weighted by atomic mass is 9.91. The van der Waals surface area contributed by atoms with Crippen molar-refractivity contribution in [3.8, 4) is 6.07 Å². The Morgan fingerprint density at radius 3 is 2.83 bits per heavy atom. The molecule has 12 heavy (non-hydrogen) atoms. The minimum atomic E-state index is -0.120. The Morgan fingerprint density at radius 1 is 1.75 bits per heavy atom. The van der Waals surface area contributed by atoms with E-state index in [-0.39, 0.29) is 5.41 Å². The molecule has 64 valence electrons. The lowest BCUT2D eigenvalue weighted by Crippen LogP contribution is -2.15. The van der Waals surface area contributed by atoms with Crippen LogP contribution < -0.4 is 0 Å². The minimum Gasteiger partial charge on any atom is -0.234 e. The number of hydrogen-bond donors (Lipinski definition) is 0. The van der Waals surface area contributed by atoms with Crippen molar-refractivity contribution in [2.75, 3.05) is 0 Å². The zero-order valence-electron chi connectivity index (χ0n) is 6.97. The second-order valence-electron chi connectivity index (χ2n) is 3.19. The van der Waals surface area contributed by atoms with Crippen molar-refractivity contribution in [2.45, 2.75) is 25.7 Å². The maximum Gasteiger partial charge on any atom is 0.117 e. The van der Waals surface area contributed by atoms with Crippen molar-refractivity contribution >= 4 is 27.3 Å². The van der Waals surface area contributed by atoms with Crippen molar-refractivity contribution in [2.24, 2.45) is 0 Å². The Hall–Kier alpha value is -0.400. The highest BCUT2D eigenvalue weighted by atomic mass is 79.9. The first-order valence-electron chi connectivity index (χ1n) is 3.55. The SMILES string of the molecule is CC(C)(CC#N)c1nc(Br)cs1. The van der Waals surface area contributed by atoms with Crippen LogP contribution in [0.1, 0.15) is 25.3 Å². The monoisotopic (exact) mass is 244 g/mol.